The molecule has 1 aromatic carbocycles. The van der Waals surface area contributed by atoms with E-state index in [1.54, 1.807) is 18.2 Å². The Morgan fingerprint density at radius 3 is 2.00 bits per heavy atom. The molecule has 0 aliphatic carbocycles. The number of hydrogen-bond acceptors (Lipinski definition) is 2. The van der Waals surface area contributed by atoms with Crippen LogP contribution < -0.4 is 0 Å². The fraction of sp³-hybridized carbons (Fsp3) is 0. The van der Waals surface area contributed by atoms with Crippen LogP contribution >= 0.6 is 25.3 Å². The molecule has 0 fully saturated rings. The second-order valence-electron chi connectivity index (χ2n) is 1.82. The highest BCUT2D eigenvalue weighted by molar-refractivity contribution is 7.81. The molecule has 3 heteroatoms. The zero-order valence-corrected chi connectivity index (χ0v) is 6.86. The van der Waals surface area contributed by atoms with Crippen molar-refractivity contribution in [1.29, 1.82) is 0 Å². The molecule has 0 aliphatic heterocycles. The fourth-order valence-corrected chi connectivity index (χ4v) is 1.29. The van der Waals surface area contributed by atoms with Gasteiger partial charge in [-0.15, -0.1) is 25.3 Å². The molecule has 0 heterocycles. The van der Waals surface area contributed by atoms with Gasteiger partial charge in [0.2, 0.25) is 0 Å². The van der Waals surface area contributed by atoms with Crippen LogP contribution in [0.4, 0.5) is 5.69 Å². The first kappa shape index (κ1) is 7.52. The van der Waals surface area contributed by atoms with Gasteiger partial charge in [-0.2, -0.15) is 0 Å². The summed E-state index contributed by atoms with van der Waals surface area (Å²) in [6.07, 6.45) is 0. The Balaban J connectivity index is 3.22. The number of hydrogen-bond donors (Lipinski definition) is 2. The smallest absolute Gasteiger partial charge is 0.189 e. The van der Waals surface area contributed by atoms with Gasteiger partial charge in [0.05, 0.1) is 6.57 Å². The molecule has 0 aromatic heterocycles. The van der Waals surface area contributed by atoms with Crippen molar-refractivity contribution in [3.05, 3.63) is 29.6 Å². The average Bonchev–Trinajstić information content (AvgIpc) is 1.85. The number of nitrogens with zero attached hydrogens (tertiary/aromatic N) is 1. The van der Waals surface area contributed by atoms with Crippen molar-refractivity contribution in [2.45, 2.75) is 9.79 Å². The Morgan fingerprint density at radius 1 is 1.10 bits per heavy atom. The van der Waals surface area contributed by atoms with Crippen molar-refractivity contribution in [2.24, 2.45) is 0 Å². The molecule has 0 spiro atoms. The van der Waals surface area contributed by atoms with Crippen molar-refractivity contribution in [1.82, 2.24) is 0 Å². The third-order valence-corrected chi connectivity index (χ3v) is 1.53. The van der Waals surface area contributed by atoms with E-state index in [9.17, 15) is 0 Å². The zero-order valence-electron chi connectivity index (χ0n) is 5.07. The number of rotatable bonds is 0. The zero-order chi connectivity index (χ0) is 7.56. The summed E-state index contributed by atoms with van der Waals surface area (Å²) in [7, 11) is 0. The maximum Gasteiger partial charge on any atom is 0.189 e. The third kappa shape index (κ3) is 1.69. The van der Waals surface area contributed by atoms with Crippen LogP contribution in [0.2, 0.25) is 0 Å². The Bertz CT molecular complexity index is 268. The predicted molar refractivity (Wildman–Crippen MR) is 47.2 cm³/mol. The highest BCUT2D eigenvalue weighted by Crippen LogP contribution is 2.21. The first-order valence-corrected chi connectivity index (χ1v) is 3.52. The Hall–Kier alpha value is -0.590. The van der Waals surface area contributed by atoms with E-state index < -0.39 is 0 Å². The molecule has 0 bridgehead atoms. The molecule has 0 saturated carbocycles. The predicted octanol–water partition coefficient (Wildman–Crippen LogP) is 2.81. The highest BCUT2D eigenvalue weighted by atomic mass is 32.1. The molecular formula is C7H5NS2. The van der Waals surface area contributed by atoms with Crippen LogP contribution in [0.15, 0.2) is 28.0 Å². The van der Waals surface area contributed by atoms with E-state index in [1.165, 1.54) is 0 Å². The molecule has 0 unspecified atom stereocenters. The van der Waals surface area contributed by atoms with Gasteiger partial charge < -0.3 is 0 Å². The van der Waals surface area contributed by atoms with Crippen LogP contribution in [0.1, 0.15) is 0 Å². The topological polar surface area (TPSA) is 4.36 Å². The van der Waals surface area contributed by atoms with Crippen LogP contribution in [0.25, 0.3) is 4.85 Å². The van der Waals surface area contributed by atoms with Gasteiger partial charge in [0.1, 0.15) is 0 Å². The van der Waals surface area contributed by atoms with Crippen molar-refractivity contribution < 1.29 is 0 Å². The van der Waals surface area contributed by atoms with E-state index in [0.717, 1.165) is 9.79 Å². The maximum atomic E-state index is 6.69. The lowest BCUT2D eigenvalue weighted by Crippen LogP contribution is -1.66. The summed E-state index contributed by atoms with van der Waals surface area (Å²) in [5, 5.41) is 0. The van der Waals surface area contributed by atoms with Crippen LogP contribution in [0.3, 0.4) is 0 Å². The lowest BCUT2D eigenvalue weighted by Gasteiger charge is -1.94. The lowest BCUT2D eigenvalue weighted by molar-refractivity contribution is 1.36. The molecule has 1 rings (SSSR count). The standard InChI is InChI=1S/C7H5NS2/c1-8-5-2-6(9)4-7(10)3-5/h2-4,9-10H. The molecule has 0 amide bonds. The van der Waals surface area contributed by atoms with Crippen LogP contribution in [-0.4, -0.2) is 0 Å². The summed E-state index contributed by atoms with van der Waals surface area (Å²) in [6, 6.07) is 5.20. The van der Waals surface area contributed by atoms with Gasteiger partial charge in [-0.1, -0.05) is 0 Å². The SMILES string of the molecule is [C-]#[N+]c1cc(S)cc(S)c1. The molecule has 0 atom stereocenters. The van der Waals surface area contributed by atoms with Gasteiger partial charge in [-0.25, -0.2) is 4.85 Å². The van der Waals surface area contributed by atoms with E-state index in [2.05, 4.69) is 30.1 Å². The first-order valence-electron chi connectivity index (χ1n) is 2.63. The quantitative estimate of drug-likeness (QED) is 0.432. The third-order valence-electron chi connectivity index (χ3n) is 1.02. The van der Waals surface area contributed by atoms with Gasteiger partial charge in [-0.3, -0.25) is 0 Å². The van der Waals surface area contributed by atoms with Crippen LogP contribution in [-0.2, 0) is 0 Å². The minimum Gasteiger partial charge on any atom is -0.238 e. The second-order valence-corrected chi connectivity index (χ2v) is 2.85. The molecule has 50 valence electrons. The van der Waals surface area contributed by atoms with Crippen LogP contribution in [0, 0.1) is 6.57 Å². The van der Waals surface area contributed by atoms with E-state index in [-0.39, 0.29) is 0 Å². The molecule has 0 saturated heterocycles. The lowest BCUT2D eigenvalue weighted by atomic mass is 10.3. The van der Waals surface area contributed by atoms with Crippen molar-refractivity contribution in [3.63, 3.8) is 0 Å². The molecule has 1 nitrogen and oxygen atoms in total. The summed E-state index contributed by atoms with van der Waals surface area (Å²) < 4.78 is 0. The Labute approximate surface area is 70.7 Å². The largest absolute Gasteiger partial charge is 0.238 e. The van der Waals surface area contributed by atoms with E-state index in [4.69, 9.17) is 6.57 Å². The fourth-order valence-electron chi connectivity index (χ4n) is 0.644. The van der Waals surface area contributed by atoms with Crippen molar-refractivity contribution >= 4 is 30.9 Å². The minimum atomic E-state index is 0.581. The van der Waals surface area contributed by atoms with Gasteiger partial charge in [-0.05, 0) is 28.0 Å². The van der Waals surface area contributed by atoms with Gasteiger partial charge >= 0.3 is 0 Å². The summed E-state index contributed by atoms with van der Waals surface area (Å²) in [4.78, 5) is 4.80. The van der Waals surface area contributed by atoms with Gasteiger partial charge in [0, 0.05) is 0 Å². The molecule has 1 aromatic rings. The second kappa shape index (κ2) is 3.00. The number of thiol groups is 2. The molecular weight excluding hydrogens is 162 g/mol. The summed E-state index contributed by atoms with van der Waals surface area (Å²) >= 11 is 8.17. The van der Waals surface area contributed by atoms with E-state index in [1.807, 2.05) is 0 Å². The van der Waals surface area contributed by atoms with Gasteiger partial charge in [0.25, 0.3) is 0 Å². The Kier molecular flexibility index (Phi) is 2.25. The van der Waals surface area contributed by atoms with Crippen molar-refractivity contribution in [3.8, 4) is 0 Å². The summed E-state index contributed by atoms with van der Waals surface area (Å²) in [5.74, 6) is 0. The average molecular weight is 167 g/mol. The monoisotopic (exact) mass is 167 g/mol. The normalized spacial score (nSPS) is 8.90. The minimum absolute atomic E-state index is 0.581. The first-order chi connectivity index (χ1) is 4.72. The maximum absolute atomic E-state index is 6.69. The molecule has 10 heavy (non-hydrogen) atoms. The summed E-state index contributed by atoms with van der Waals surface area (Å²) in [5.41, 5.74) is 0.581. The van der Waals surface area contributed by atoms with Gasteiger partial charge in [0.15, 0.2) is 5.69 Å². The number of benzene rings is 1. The summed E-state index contributed by atoms with van der Waals surface area (Å²) in [6.45, 7) is 6.69. The van der Waals surface area contributed by atoms with Crippen molar-refractivity contribution in [2.75, 3.05) is 0 Å². The molecule has 0 aliphatic rings. The van der Waals surface area contributed by atoms with Crippen LogP contribution in [0.5, 0.6) is 0 Å². The Morgan fingerprint density at radius 2 is 1.60 bits per heavy atom. The molecule has 0 N–H and O–H groups in total. The van der Waals surface area contributed by atoms with E-state index in [0.29, 0.717) is 5.69 Å². The molecule has 0 radical (unpaired) electrons. The van der Waals surface area contributed by atoms with E-state index >= 15 is 0 Å². The highest BCUT2D eigenvalue weighted by Gasteiger charge is 1.93.